The Labute approximate surface area is 149 Å². The summed E-state index contributed by atoms with van der Waals surface area (Å²) in [4.78, 5) is 2.18. The van der Waals surface area contributed by atoms with Gasteiger partial charge in [0.1, 0.15) is 0 Å². The van der Waals surface area contributed by atoms with Crippen molar-refractivity contribution in [3.8, 4) is 0 Å². The lowest BCUT2D eigenvalue weighted by Gasteiger charge is -2.23. The zero-order valence-corrected chi connectivity index (χ0v) is 15.4. The highest BCUT2D eigenvalue weighted by Gasteiger charge is 2.46. The van der Waals surface area contributed by atoms with Crippen molar-refractivity contribution in [2.45, 2.75) is 25.9 Å². The summed E-state index contributed by atoms with van der Waals surface area (Å²) in [5.41, 5.74) is 5.27. The third kappa shape index (κ3) is 2.98. The Kier molecular flexibility index (Phi) is 5.38. The Morgan fingerprint density at radius 1 is 0.913 bits per heavy atom. The van der Waals surface area contributed by atoms with Crippen molar-refractivity contribution >= 4 is 16.9 Å². The Morgan fingerprint density at radius 2 is 1.39 bits per heavy atom. The zero-order valence-electron chi connectivity index (χ0n) is 13.9. The molecule has 2 aromatic rings. The molecule has 3 rings (SSSR count). The minimum Gasteiger partial charge on any atom is -1.00 e. The van der Waals surface area contributed by atoms with Crippen LogP contribution in [0.4, 0.5) is 0 Å². The average molecular weight is 349 g/mol. The molecule has 0 fully saturated rings. The number of aryl methyl sites for hydroxylation is 2. The van der Waals surface area contributed by atoms with E-state index in [2.05, 4.69) is 85.9 Å². The van der Waals surface area contributed by atoms with Crippen molar-refractivity contribution in [1.82, 2.24) is 4.90 Å². The normalized spacial score (nSPS) is 20.7. The fourth-order valence-corrected chi connectivity index (χ4v) is 3.71. The van der Waals surface area contributed by atoms with Crippen LogP contribution in [0.15, 0.2) is 48.5 Å². The molecular formula is C19H22Cl2N2. The Bertz CT molecular complexity index is 740. The van der Waals surface area contributed by atoms with Gasteiger partial charge in [0.15, 0.2) is 12.1 Å². The molecule has 1 aliphatic heterocycles. The van der Waals surface area contributed by atoms with Gasteiger partial charge in [-0.3, -0.25) is 0 Å². The van der Waals surface area contributed by atoms with Crippen molar-refractivity contribution < 1.29 is 17.0 Å². The summed E-state index contributed by atoms with van der Waals surface area (Å²) >= 11 is 6.58. The molecule has 2 nitrogen and oxygen atoms in total. The fourth-order valence-electron chi connectivity index (χ4n) is 3.50. The number of nitrogens with zero attached hydrogens (tertiary/aromatic N) is 2. The van der Waals surface area contributed by atoms with E-state index in [0.29, 0.717) is 0 Å². The highest BCUT2D eigenvalue weighted by Crippen LogP contribution is 2.42. The van der Waals surface area contributed by atoms with E-state index >= 15 is 0 Å². The second-order valence-electron chi connectivity index (χ2n) is 6.09. The predicted octanol–water partition coefficient (Wildman–Crippen LogP) is 1.27. The lowest BCUT2D eigenvalue weighted by atomic mass is 9.89. The maximum Gasteiger partial charge on any atom is 0.345 e. The molecule has 122 valence electrons. The number of halogens is 2. The molecule has 0 saturated heterocycles. The minimum atomic E-state index is 0. The van der Waals surface area contributed by atoms with Gasteiger partial charge in [-0.15, -0.1) is 0 Å². The van der Waals surface area contributed by atoms with Crippen molar-refractivity contribution in [2.24, 2.45) is 0 Å². The van der Waals surface area contributed by atoms with E-state index in [-0.39, 0.29) is 24.5 Å². The van der Waals surface area contributed by atoms with Crippen LogP contribution in [0.2, 0.25) is 0 Å². The van der Waals surface area contributed by atoms with E-state index in [9.17, 15) is 0 Å². The van der Waals surface area contributed by atoms with Crippen LogP contribution in [0.3, 0.4) is 0 Å². The second-order valence-corrected chi connectivity index (χ2v) is 6.43. The van der Waals surface area contributed by atoms with Gasteiger partial charge in [-0.25, -0.2) is 9.48 Å². The van der Waals surface area contributed by atoms with Gasteiger partial charge in [-0.05, 0) is 25.0 Å². The summed E-state index contributed by atoms with van der Waals surface area (Å²) in [7, 11) is 4.16. The maximum atomic E-state index is 6.58. The molecule has 1 heterocycles. The first-order valence-electron chi connectivity index (χ1n) is 7.61. The van der Waals surface area contributed by atoms with Gasteiger partial charge in [0, 0.05) is 22.7 Å². The van der Waals surface area contributed by atoms with Gasteiger partial charge in [-0.2, -0.15) is 0 Å². The summed E-state index contributed by atoms with van der Waals surface area (Å²) in [6.45, 7) is 4.34. The first-order chi connectivity index (χ1) is 10.5. The highest BCUT2D eigenvalue weighted by atomic mass is 35.5. The SMILES string of the molecule is Cc1ccccc1[C@H]1[C@H](c2ccccc2C)[N+](C)=C(Cl)N1C.[Cl-]. The largest absolute Gasteiger partial charge is 1.00 e. The number of rotatable bonds is 2. The van der Waals surface area contributed by atoms with Crippen molar-refractivity contribution in [3.05, 3.63) is 70.8 Å². The van der Waals surface area contributed by atoms with Crippen molar-refractivity contribution in [2.75, 3.05) is 14.1 Å². The van der Waals surface area contributed by atoms with Crippen LogP contribution in [-0.4, -0.2) is 28.9 Å². The molecule has 0 spiro atoms. The third-order valence-electron chi connectivity index (χ3n) is 4.73. The Balaban J connectivity index is 0.00000192. The monoisotopic (exact) mass is 348 g/mol. The molecule has 23 heavy (non-hydrogen) atoms. The van der Waals surface area contributed by atoms with Gasteiger partial charge in [0.25, 0.3) is 0 Å². The van der Waals surface area contributed by atoms with Gasteiger partial charge in [-0.1, -0.05) is 48.5 Å². The molecule has 2 aromatic carbocycles. The lowest BCUT2D eigenvalue weighted by molar-refractivity contribution is -0.537. The number of hydrogen-bond acceptors (Lipinski definition) is 1. The van der Waals surface area contributed by atoms with Gasteiger partial charge < -0.3 is 12.4 Å². The zero-order chi connectivity index (χ0) is 15.9. The van der Waals surface area contributed by atoms with Crippen LogP contribution >= 0.6 is 11.6 Å². The molecule has 0 bridgehead atoms. The number of hydrogen-bond donors (Lipinski definition) is 0. The van der Waals surface area contributed by atoms with E-state index in [4.69, 9.17) is 11.6 Å². The molecule has 0 aliphatic carbocycles. The molecule has 4 heteroatoms. The summed E-state index contributed by atoms with van der Waals surface area (Å²) in [5, 5.41) is 0.793. The molecule has 0 N–H and O–H groups in total. The molecule has 0 saturated carbocycles. The van der Waals surface area contributed by atoms with Crippen molar-refractivity contribution in [3.63, 3.8) is 0 Å². The fraction of sp³-hybridized carbons (Fsp3) is 0.316. The van der Waals surface area contributed by atoms with E-state index in [1.165, 1.54) is 22.3 Å². The van der Waals surface area contributed by atoms with E-state index in [1.54, 1.807) is 0 Å². The smallest absolute Gasteiger partial charge is 0.345 e. The summed E-state index contributed by atoms with van der Waals surface area (Å²) < 4.78 is 2.18. The minimum absolute atomic E-state index is 0. The molecule has 0 aromatic heterocycles. The second kappa shape index (κ2) is 6.94. The Morgan fingerprint density at radius 3 is 1.91 bits per heavy atom. The van der Waals surface area contributed by atoms with Crippen LogP contribution in [0.5, 0.6) is 0 Å². The summed E-state index contributed by atoms with van der Waals surface area (Å²) in [5.74, 6) is 0. The van der Waals surface area contributed by atoms with Crippen LogP contribution < -0.4 is 12.4 Å². The van der Waals surface area contributed by atoms with Crippen LogP contribution in [0, 0.1) is 13.8 Å². The van der Waals surface area contributed by atoms with E-state index in [1.807, 2.05) is 0 Å². The first kappa shape index (κ1) is 17.8. The maximum absolute atomic E-state index is 6.58. The summed E-state index contributed by atoms with van der Waals surface area (Å²) in [6, 6.07) is 17.6. The molecular weight excluding hydrogens is 327 g/mol. The third-order valence-corrected chi connectivity index (χ3v) is 5.26. The predicted molar refractivity (Wildman–Crippen MR) is 92.6 cm³/mol. The summed E-state index contributed by atoms with van der Waals surface area (Å²) in [6.07, 6.45) is 0. The molecule has 0 unspecified atom stereocenters. The van der Waals surface area contributed by atoms with E-state index < -0.39 is 0 Å². The molecule has 0 amide bonds. The van der Waals surface area contributed by atoms with Gasteiger partial charge in [0.2, 0.25) is 0 Å². The quantitative estimate of drug-likeness (QED) is 0.585. The van der Waals surface area contributed by atoms with Gasteiger partial charge >= 0.3 is 5.29 Å². The van der Waals surface area contributed by atoms with Crippen LogP contribution in [-0.2, 0) is 0 Å². The molecule has 0 radical (unpaired) electrons. The molecule has 2 atom stereocenters. The molecule has 1 aliphatic rings. The van der Waals surface area contributed by atoms with E-state index in [0.717, 1.165) is 5.29 Å². The highest BCUT2D eigenvalue weighted by molar-refractivity contribution is 6.63. The first-order valence-corrected chi connectivity index (χ1v) is 7.99. The number of amidine groups is 1. The van der Waals surface area contributed by atoms with Gasteiger partial charge in [0.05, 0.1) is 14.1 Å². The van der Waals surface area contributed by atoms with Crippen LogP contribution in [0.25, 0.3) is 0 Å². The van der Waals surface area contributed by atoms with Crippen LogP contribution in [0.1, 0.15) is 34.3 Å². The van der Waals surface area contributed by atoms with Crippen molar-refractivity contribution in [1.29, 1.82) is 0 Å². The topological polar surface area (TPSA) is 6.25 Å². The average Bonchev–Trinajstić information content (AvgIpc) is 2.73. The number of benzene rings is 2. The number of likely N-dealkylation sites (N-methyl/N-ethyl adjacent to an activating group) is 2. The Hall–Kier alpha value is -1.51. The lowest BCUT2D eigenvalue weighted by Crippen LogP contribution is -3.00. The standard InChI is InChI=1S/C19H22ClN2.ClH/c1-13-9-5-7-11-15(13)17-18(22(4)19(20)21(17)3)16-12-8-6-10-14(16)2;/h5-12,17-18H,1-4H3;1H/q+1;/p-1/t17-,18-;/m0./s1.